The van der Waals surface area contributed by atoms with Crippen LogP contribution >= 0.6 is 19.2 Å². The van der Waals surface area contributed by atoms with Gasteiger partial charge in [-0.05, 0) is 6.92 Å². The standard InChI is InChI=1S/C16H23N2O9PS/c1-10-12(29-8-18-10)15(21)24-9-26-28(22)25-7-16(2,3)13(27-28)14(20)17-6-5-11(19)23-4/h8,13H,5-7,9H2,1-4H3,(H,17,20)/t13-,28-/m0/s1. The number of thiazole rings is 1. The van der Waals surface area contributed by atoms with E-state index in [2.05, 4.69) is 15.0 Å². The summed E-state index contributed by atoms with van der Waals surface area (Å²) in [5.74, 6) is -1.75. The van der Waals surface area contributed by atoms with Gasteiger partial charge in [0.25, 0.3) is 0 Å². The predicted molar refractivity (Wildman–Crippen MR) is 100 cm³/mol. The van der Waals surface area contributed by atoms with Crippen LogP contribution in [0.15, 0.2) is 5.51 Å². The Hall–Kier alpha value is -1.85. The first-order valence-corrected chi connectivity index (χ1v) is 10.9. The van der Waals surface area contributed by atoms with Gasteiger partial charge in [-0.15, -0.1) is 11.3 Å². The molecule has 2 atom stereocenters. The molecule has 1 aliphatic rings. The topological polar surface area (TPSA) is 139 Å². The van der Waals surface area contributed by atoms with Crippen molar-refractivity contribution in [3.05, 3.63) is 16.1 Å². The highest BCUT2D eigenvalue weighted by molar-refractivity contribution is 7.48. The van der Waals surface area contributed by atoms with Crippen LogP contribution in [0.2, 0.25) is 0 Å². The number of amides is 1. The van der Waals surface area contributed by atoms with Crippen molar-refractivity contribution in [3.63, 3.8) is 0 Å². The predicted octanol–water partition coefficient (Wildman–Crippen LogP) is 1.81. The van der Waals surface area contributed by atoms with Crippen LogP contribution in [0.5, 0.6) is 0 Å². The number of phosphoric acid groups is 1. The summed E-state index contributed by atoms with van der Waals surface area (Å²) in [6, 6.07) is 0. The zero-order valence-electron chi connectivity index (χ0n) is 16.5. The molecule has 0 aliphatic carbocycles. The van der Waals surface area contributed by atoms with Crippen molar-refractivity contribution in [1.82, 2.24) is 10.3 Å². The molecule has 1 amide bonds. The fourth-order valence-electron chi connectivity index (χ4n) is 2.28. The zero-order valence-corrected chi connectivity index (χ0v) is 18.2. The number of phosphoric ester groups is 1. The number of hydrogen-bond acceptors (Lipinski definition) is 11. The van der Waals surface area contributed by atoms with Crippen molar-refractivity contribution >= 4 is 37.0 Å². The first-order chi connectivity index (χ1) is 13.6. The second-order valence-electron chi connectivity index (χ2n) is 6.76. The zero-order chi connectivity index (χ0) is 21.7. The molecule has 1 aromatic heterocycles. The molecule has 11 nitrogen and oxygen atoms in total. The summed E-state index contributed by atoms with van der Waals surface area (Å²) in [6.07, 6.45) is -1.19. The molecular weight excluding hydrogens is 427 g/mol. The molecule has 1 saturated heterocycles. The lowest BCUT2D eigenvalue weighted by Gasteiger charge is -2.39. The molecule has 29 heavy (non-hydrogen) atoms. The minimum atomic E-state index is -4.15. The van der Waals surface area contributed by atoms with E-state index >= 15 is 0 Å². The molecule has 0 unspecified atom stereocenters. The van der Waals surface area contributed by atoms with Gasteiger partial charge >= 0.3 is 19.8 Å². The number of aromatic nitrogens is 1. The van der Waals surface area contributed by atoms with Crippen molar-refractivity contribution in [2.24, 2.45) is 5.41 Å². The van der Waals surface area contributed by atoms with E-state index in [9.17, 15) is 18.9 Å². The van der Waals surface area contributed by atoms with E-state index in [1.807, 2.05) is 0 Å². The van der Waals surface area contributed by atoms with Crippen molar-refractivity contribution in [2.45, 2.75) is 33.3 Å². The van der Waals surface area contributed by atoms with Gasteiger partial charge in [0.15, 0.2) is 6.10 Å². The highest BCUT2D eigenvalue weighted by Gasteiger charge is 2.49. The Labute approximate surface area is 171 Å². The maximum absolute atomic E-state index is 12.7. The van der Waals surface area contributed by atoms with Gasteiger partial charge in [-0.1, -0.05) is 13.8 Å². The monoisotopic (exact) mass is 450 g/mol. The van der Waals surface area contributed by atoms with Crippen LogP contribution in [0.1, 0.15) is 35.6 Å². The third kappa shape index (κ3) is 6.31. The molecule has 162 valence electrons. The molecule has 1 fully saturated rings. The summed E-state index contributed by atoms with van der Waals surface area (Å²) < 4.78 is 37.6. The Morgan fingerprint density at radius 1 is 1.41 bits per heavy atom. The van der Waals surface area contributed by atoms with Crippen LogP contribution in [0.3, 0.4) is 0 Å². The Kier molecular flexibility index (Phi) is 7.89. The van der Waals surface area contributed by atoms with Gasteiger partial charge in [-0.2, -0.15) is 0 Å². The fraction of sp³-hybridized carbons (Fsp3) is 0.625. The minimum Gasteiger partial charge on any atom is -0.469 e. The van der Waals surface area contributed by atoms with E-state index in [0.29, 0.717) is 10.6 Å². The Balaban J connectivity index is 1.91. The van der Waals surface area contributed by atoms with Crippen LogP contribution in [-0.2, 0) is 37.2 Å². The van der Waals surface area contributed by atoms with E-state index in [-0.39, 0.29) is 19.6 Å². The lowest BCUT2D eigenvalue weighted by atomic mass is 9.87. The number of carbonyl (C=O) groups is 3. The number of hydrogen-bond donors (Lipinski definition) is 1. The van der Waals surface area contributed by atoms with Crippen molar-refractivity contribution in [3.8, 4) is 0 Å². The summed E-state index contributed by atoms with van der Waals surface area (Å²) in [6.45, 7) is 4.27. The molecule has 0 spiro atoms. The second kappa shape index (κ2) is 9.77. The smallest absolute Gasteiger partial charge is 0.469 e. The van der Waals surface area contributed by atoms with E-state index in [4.69, 9.17) is 18.3 Å². The second-order valence-corrected chi connectivity index (χ2v) is 9.23. The van der Waals surface area contributed by atoms with Crippen molar-refractivity contribution in [2.75, 3.05) is 27.1 Å². The summed E-state index contributed by atoms with van der Waals surface area (Å²) in [5, 5.41) is 2.52. The van der Waals surface area contributed by atoms with Gasteiger partial charge in [0, 0.05) is 12.0 Å². The van der Waals surface area contributed by atoms with E-state index in [1.165, 1.54) is 12.6 Å². The fourth-order valence-corrected chi connectivity index (χ4v) is 4.49. The number of nitrogens with zero attached hydrogens (tertiary/aromatic N) is 1. The molecule has 0 bridgehead atoms. The number of methoxy groups -OCH3 is 1. The molecule has 1 N–H and O–H groups in total. The number of carbonyl (C=O) groups excluding carboxylic acids is 3. The highest BCUT2D eigenvalue weighted by Crippen LogP contribution is 2.57. The molecule has 2 heterocycles. The molecule has 1 aliphatic heterocycles. The first-order valence-electron chi connectivity index (χ1n) is 8.57. The van der Waals surface area contributed by atoms with Gasteiger partial charge in [-0.3, -0.25) is 18.6 Å². The summed E-state index contributed by atoms with van der Waals surface area (Å²) in [5.41, 5.74) is 1.18. The van der Waals surface area contributed by atoms with Crippen LogP contribution in [0.4, 0.5) is 0 Å². The van der Waals surface area contributed by atoms with Gasteiger partial charge in [-0.25, -0.2) is 18.9 Å². The minimum absolute atomic E-state index is 0.0208. The van der Waals surface area contributed by atoms with E-state index in [0.717, 1.165) is 11.3 Å². The SMILES string of the molecule is COC(=O)CCNC(=O)[C@@H]1O[P@](=O)(OCOC(=O)c2scnc2C)OCC1(C)C. The normalized spacial score (nSPS) is 23.2. The van der Waals surface area contributed by atoms with Crippen LogP contribution in [0, 0.1) is 12.3 Å². The summed E-state index contributed by atoms with van der Waals surface area (Å²) in [7, 11) is -2.91. The van der Waals surface area contributed by atoms with E-state index in [1.54, 1.807) is 20.8 Å². The van der Waals surface area contributed by atoms with Crippen LogP contribution in [0.25, 0.3) is 0 Å². The summed E-state index contributed by atoms with van der Waals surface area (Å²) in [4.78, 5) is 39.7. The Bertz CT molecular complexity index is 810. The first kappa shape index (κ1) is 23.4. The lowest BCUT2D eigenvalue weighted by Crippen LogP contribution is -2.50. The maximum Gasteiger partial charge on any atom is 0.478 e. The third-order valence-electron chi connectivity index (χ3n) is 3.96. The molecule has 1 aromatic rings. The molecule has 0 saturated carbocycles. The lowest BCUT2D eigenvalue weighted by molar-refractivity contribution is -0.144. The largest absolute Gasteiger partial charge is 0.478 e. The van der Waals surface area contributed by atoms with Gasteiger partial charge in [0.05, 0.1) is 31.3 Å². The quantitative estimate of drug-likeness (QED) is 0.354. The van der Waals surface area contributed by atoms with Crippen molar-refractivity contribution in [1.29, 1.82) is 0 Å². The van der Waals surface area contributed by atoms with E-state index < -0.39 is 44.0 Å². The van der Waals surface area contributed by atoms with Crippen LogP contribution < -0.4 is 5.32 Å². The number of aryl methyl sites for hydroxylation is 1. The van der Waals surface area contributed by atoms with Crippen LogP contribution in [-0.4, -0.2) is 56.0 Å². The number of nitrogens with one attached hydrogen (secondary N) is 1. The highest BCUT2D eigenvalue weighted by atomic mass is 32.1. The summed E-state index contributed by atoms with van der Waals surface area (Å²) >= 11 is 1.10. The maximum atomic E-state index is 12.7. The number of ether oxygens (including phenoxy) is 2. The third-order valence-corrected chi connectivity index (χ3v) is 6.21. The molecular formula is C16H23N2O9PS. The van der Waals surface area contributed by atoms with Gasteiger partial charge in [0.2, 0.25) is 12.7 Å². The molecule has 13 heteroatoms. The molecule has 2 rings (SSSR count). The number of rotatable bonds is 8. The Morgan fingerprint density at radius 2 is 2.14 bits per heavy atom. The van der Waals surface area contributed by atoms with Gasteiger partial charge < -0.3 is 14.8 Å². The molecule has 0 aromatic carbocycles. The molecule has 0 radical (unpaired) electrons. The average molecular weight is 450 g/mol. The van der Waals surface area contributed by atoms with Crippen molar-refractivity contribution < 1.29 is 42.0 Å². The number of esters is 2. The Morgan fingerprint density at radius 3 is 2.76 bits per heavy atom. The van der Waals surface area contributed by atoms with Gasteiger partial charge in [0.1, 0.15) is 4.88 Å². The average Bonchev–Trinajstić information content (AvgIpc) is 3.09.